The van der Waals surface area contributed by atoms with Crippen LogP contribution in [0.3, 0.4) is 0 Å². The van der Waals surface area contributed by atoms with Crippen molar-refractivity contribution in [2.24, 2.45) is 0 Å². The SMILES string of the molecule is O=C1CN2c3c(cccc3[C@@H]3CN(CCCO)CC[C@@H]32)N1. The lowest BCUT2D eigenvalue weighted by Crippen LogP contribution is -2.49. The lowest BCUT2D eigenvalue weighted by Gasteiger charge is -2.39. The first kappa shape index (κ1) is 13.1. The van der Waals surface area contributed by atoms with Crippen LogP contribution in [-0.2, 0) is 4.79 Å². The zero-order valence-corrected chi connectivity index (χ0v) is 12.1. The topological polar surface area (TPSA) is 55.8 Å². The van der Waals surface area contributed by atoms with E-state index >= 15 is 0 Å². The molecule has 21 heavy (non-hydrogen) atoms. The first-order chi connectivity index (χ1) is 10.3. The van der Waals surface area contributed by atoms with E-state index in [2.05, 4.69) is 21.2 Å². The number of hydrogen-bond donors (Lipinski definition) is 2. The van der Waals surface area contributed by atoms with Crippen molar-refractivity contribution in [3.05, 3.63) is 23.8 Å². The highest BCUT2D eigenvalue weighted by atomic mass is 16.3. The van der Waals surface area contributed by atoms with Crippen LogP contribution in [0, 0.1) is 0 Å². The minimum absolute atomic E-state index is 0.100. The molecule has 3 aliphatic rings. The predicted octanol–water partition coefficient (Wildman–Crippen LogP) is 0.999. The summed E-state index contributed by atoms with van der Waals surface area (Å²) < 4.78 is 0. The Balaban J connectivity index is 1.65. The number of hydrogen-bond acceptors (Lipinski definition) is 4. The summed E-state index contributed by atoms with van der Waals surface area (Å²) in [5.74, 6) is 0.586. The van der Waals surface area contributed by atoms with E-state index in [1.165, 1.54) is 11.3 Å². The molecule has 0 saturated carbocycles. The molecule has 5 heteroatoms. The fraction of sp³-hybridized carbons (Fsp3) is 0.562. The number of para-hydroxylation sites is 1. The van der Waals surface area contributed by atoms with Crippen LogP contribution in [0.2, 0.25) is 0 Å². The third-order valence-corrected chi connectivity index (χ3v) is 5.04. The van der Waals surface area contributed by atoms with Crippen LogP contribution >= 0.6 is 0 Å². The van der Waals surface area contributed by atoms with Crippen molar-refractivity contribution in [1.82, 2.24) is 4.90 Å². The zero-order chi connectivity index (χ0) is 14.4. The highest BCUT2D eigenvalue weighted by molar-refractivity contribution is 6.03. The number of nitrogens with zero attached hydrogens (tertiary/aromatic N) is 2. The molecule has 3 heterocycles. The average molecular weight is 287 g/mol. The summed E-state index contributed by atoms with van der Waals surface area (Å²) in [5.41, 5.74) is 3.60. The normalized spacial score (nSPS) is 27.3. The highest BCUT2D eigenvalue weighted by Crippen LogP contribution is 2.49. The van der Waals surface area contributed by atoms with Gasteiger partial charge in [0.25, 0.3) is 0 Å². The molecular formula is C16H21N3O2. The van der Waals surface area contributed by atoms with Crippen molar-refractivity contribution >= 4 is 17.3 Å². The summed E-state index contributed by atoms with van der Waals surface area (Å²) in [4.78, 5) is 16.7. The van der Waals surface area contributed by atoms with Crippen LogP contribution in [-0.4, -0.2) is 54.7 Å². The van der Waals surface area contributed by atoms with Crippen LogP contribution in [0.15, 0.2) is 18.2 Å². The highest BCUT2D eigenvalue weighted by Gasteiger charge is 2.44. The minimum Gasteiger partial charge on any atom is -0.396 e. The van der Waals surface area contributed by atoms with Gasteiger partial charge in [-0.25, -0.2) is 0 Å². The van der Waals surface area contributed by atoms with Crippen LogP contribution in [0.5, 0.6) is 0 Å². The molecule has 4 rings (SSSR count). The molecule has 0 bridgehead atoms. The molecule has 1 saturated heterocycles. The molecule has 0 radical (unpaired) electrons. The van der Waals surface area contributed by atoms with Gasteiger partial charge in [0.15, 0.2) is 0 Å². The molecule has 112 valence electrons. The Morgan fingerprint density at radius 2 is 2.29 bits per heavy atom. The summed E-state index contributed by atoms with van der Waals surface area (Å²) in [5, 5.41) is 12.0. The fourth-order valence-electron chi connectivity index (χ4n) is 4.17. The van der Waals surface area contributed by atoms with E-state index in [0.29, 0.717) is 18.5 Å². The Hall–Kier alpha value is -1.59. The number of aliphatic hydroxyl groups is 1. The third-order valence-electron chi connectivity index (χ3n) is 5.04. The Kier molecular flexibility index (Phi) is 3.12. The van der Waals surface area contributed by atoms with Gasteiger partial charge in [0.1, 0.15) is 0 Å². The van der Waals surface area contributed by atoms with Crippen LogP contribution in [0.25, 0.3) is 0 Å². The summed E-state index contributed by atoms with van der Waals surface area (Å²) >= 11 is 0. The van der Waals surface area contributed by atoms with E-state index in [1.807, 2.05) is 12.1 Å². The first-order valence-corrected chi connectivity index (χ1v) is 7.80. The molecular weight excluding hydrogens is 266 g/mol. The van der Waals surface area contributed by atoms with Crippen LogP contribution in [0.4, 0.5) is 11.4 Å². The quantitative estimate of drug-likeness (QED) is 0.871. The molecule has 1 aromatic rings. The molecule has 0 aromatic heterocycles. The first-order valence-electron chi connectivity index (χ1n) is 7.80. The maximum atomic E-state index is 11.9. The number of rotatable bonds is 3. The predicted molar refractivity (Wildman–Crippen MR) is 81.7 cm³/mol. The molecule has 2 N–H and O–H groups in total. The average Bonchev–Trinajstić information content (AvgIpc) is 2.81. The van der Waals surface area contributed by atoms with E-state index in [4.69, 9.17) is 5.11 Å². The number of carbonyl (C=O) groups excluding carboxylic acids is 1. The van der Waals surface area contributed by atoms with Crippen molar-refractivity contribution < 1.29 is 9.90 Å². The molecule has 1 aromatic carbocycles. The van der Waals surface area contributed by atoms with E-state index in [1.54, 1.807) is 0 Å². The molecule has 0 aliphatic carbocycles. The summed E-state index contributed by atoms with van der Waals surface area (Å²) in [6.07, 6.45) is 1.94. The number of piperidine rings is 1. The zero-order valence-electron chi connectivity index (χ0n) is 12.1. The summed E-state index contributed by atoms with van der Waals surface area (Å²) in [6, 6.07) is 6.72. The lowest BCUT2D eigenvalue weighted by atomic mass is 9.89. The number of aliphatic hydroxyl groups excluding tert-OH is 1. The largest absolute Gasteiger partial charge is 0.396 e. The van der Waals surface area contributed by atoms with Gasteiger partial charge in [0.2, 0.25) is 5.91 Å². The maximum absolute atomic E-state index is 11.9. The van der Waals surface area contributed by atoms with Crippen molar-refractivity contribution in [2.75, 3.05) is 43.0 Å². The lowest BCUT2D eigenvalue weighted by molar-refractivity contribution is -0.115. The van der Waals surface area contributed by atoms with E-state index < -0.39 is 0 Å². The number of fused-ring (bicyclic) bond motifs is 3. The summed E-state index contributed by atoms with van der Waals surface area (Å²) in [7, 11) is 0. The molecule has 0 unspecified atom stereocenters. The van der Waals surface area contributed by atoms with Crippen LogP contribution < -0.4 is 10.2 Å². The second kappa shape index (κ2) is 5.00. The van der Waals surface area contributed by atoms with Gasteiger partial charge in [0, 0.05) is 38.2 Å². The summed E-state index contributed by atoms with van der Waals surface area (Å²) in [6.45, 7) is 3.80. The van der Waals surface area contributed by atoms with Crippen molar-refractivity contribution in [3.63, 3.8) is 0 Å². The van der Waals surface area contributed by atoms with Crippen LogP contribution in [0.1, 0.15) is 24.3 Å². The standard InChI is InChI=1S/C16H21N3O2/c20-8-2-6-18-7-5-14-12(9-18)11-3-1-4-13-16(11)19(14)10-15(21)17-13/h1,3-4,12,14,20H,2,5-10H2,(H,17,21)/t12-,14-/m0/s1. The van der Waals surface area contributed by atoms with Gasteiger partial charge in [-0.05, 0) is 24.5 Å². The Bertz CT molecular complexity index is 575. The second-order valence-corrected chi connectivity index (χ2v) is 6.26. The Morgan fingerprint density at radius 3 is 3.14 bits per heavy atom. The third kappa shape index (κ3) is 2.03. The van der Waals surface area contributed by atoms with E-state index in [-0.39, 0.29) is 12.5 Å². The number of carbonyl (C=O) groups is 1. The Morgan fingerprint density at radius 1 is 1.38 bits per heavy atom. The minimum atomic E-state index is 0.100. The van der Waals surface area contributed by atoms with Gasteiger partial charge >= 0.3 is 0 Å². The number of amides is 1. The van der Waals surface area contributed by atoms with Gasteiger partial charge in [-0.3, -0.25) is 4.79 Å². The van der Waals surface area contributed by atoms with Gasteiger partial charge in [0.05, 0.1) is 17.9 Å². The number of likely N-dealkylation sites (tertiary alicyclic amines) is 1. The van der Waals surface area contributed by atoms with Gasteiger partial charge in [-0.2, -0.15) is 0 Å². The number of nitrogens with one attached hydrogen (secondary N) is 1. The van der Waals surface area contributed by atoms with Crippen molar-refractivity contribution in [2.45, 2.75) is 24.8 Å². The van der Waals surface area contributed by atoms with Gasteiger partial charge in [-0.15, -0.1) is 0 Å². The Labute approximate surface area is 124 Å². The van der Waals surface area contributed by atoms with E-state index in [9.17, 15) is 4.79 Å². The monoisotopic (exact) mass is 287 g/mol. The van der Waals surface area contributed by atoms with Crippen molar-refractivity contribution in [3.8, 4) is 0 Å². The van der Waals surface area contributed by atoms with E-state index in [0.717, 1.165) is 38.2 Å². The van der Waals surface area contributed by atoms with Gasteiger partial charge in [-0.1, -0.05) is 12.1 Å². The van der Waals surface area contributed by atoms with Crippen molar-refractivity contribution in [1.29, 1.82) is 0 Å². The molecule has 1 fully saturated rings. The number of benzene rings is 1. The molecule has 0 spiro atoms. The second-order valence-electron chi connectivity index (χ2n) is 6.26. The molecule has 2 atom stereocenters. The molecule has 5 nitrogen and oxygen atoms in total. The number of anilines is 2. The smallest absolute Gasteiger partial charge is 0.243 e. The fourth-order valence-corrected chi connectivity index (χ4v) is 4.17. The molecule has 3 aliphatic heterocycles. The van der Waals surface area contributed by atoms with Gasteiger partial charge < -0.3 is 20.2 Å². The maximum Gasteiger partial charge on any atom is 0.243 e. The molecule has 1 amide bonds.